The number of likely N-dealkylation sites (tertiary alicyclic amines) is 1. The SMILES string of the molecule is COCC(CNC(C)C)N1CCC(OC)CC1. The van der Waals surface area contributed by atoms with Gasteiger partial charge >= 0.3 is 0 Å². The van der Waals surface area contributed by atoms with Gasteiger partial charge in [-0.2, -0.15) is 0 Å². The lowest BCUT2D eigenvalue weighted by atomic mass is 10.1. The molecular weight excluding hydrogens is 216 g/mol. The average molecular weight is 244 g/mol. The summed E-state index contributed by atoms with van der Waals surface area (Å²) < 4.78 is 10.7. The van der Waals surface area contributed by atoms with Crippen molar-refractivity contribution in [2.24, 2.45) is 0 Å². The summed E-state index contributed by atoms with van der Waals surface area (Å²) in [5, 5.41) is 3.50. The van der Waals surface area contributed by atoms with E-state index >= 15 is 0 Å². The third kappa shape index (κ3) is 5.34. The lowest BCUT2D eigenvalue weighted by Crippen LogP contribution is -2.50. The molecule has 0 radical (unpaired) electrons. The molecule has 17 heavy (non-hydrogen) atoms. The van der Waals surface area contributed by atoms with Crippen LogP contribution in [0.5, 0.6) is 0 Å². The maximum Gasteiger partial charge on any atom is 0.0630 e. The predicted molar refractivity (Wildman–Crippen MR) is 70.4 cm³/mol. The highest BCUT2D eigenvalue weighted by Gasteiger charge is 2.24. The van der Waals surface area contributed by atoms with Crippen molar-refractivity contribution >= 4 is 0 Å². The van der Waals surface area contributed by atoms with Crippen LogP contribution in [-0.4, -0.2) is 63.5 Å². The Bertz CT molecular complexity index is 192. The fraction of sp³-hybridized carbons (Fsp3) is 1.00. The van der Waals surface area contributed by atoms with Crippen molar-refractivity contribution in [1.82, 2.24) is 10.2 Å². The largest absolute Gasteiger partial charge is 0.383 e. The van der Waals surface area contributed by atoms with Gasteiger partial charge in [0.2, 0.25) is 0 Å². The number of rotatable bonds is 7. The minimum atomic E-state index is 0.451. The van der Waals surface area contributed by atoms with Crippen molar-refractivity contribution < 1.29 is 9.47 Å². The van der Waals surface area contributed by atoms with Gasteiger partial charge in [0.15, 0.2) is 0 Å². The van der Waals surface area contributed by atoms with Crippen molar-refractivity contribution in [2.45, 2.75) is 44.9 Å². The molecule has 1 heterocycles. The third-order valence-electron chi connectivity index (χ3n) is 3.45. The summed E-state index contributed by atoms with van der Waals surface area (Å²) >= 11 is 0. The highest BCUT2D eigenvalue weighted by atomic mass is 16.5. The van der Waals surface area contributed by atoms with Crippen molar-refractivity contribution in [3.63, 3.8) is 0 Å². The van der Waals surface area contributed by atoms with Gasteiger partial charge in [0, 0.05) is 45.9 Å². The average Bonchev–Trinajstić information content (AvgIpc) is 2.34. The van der Waals surface area contributed by atoms with Gasteiger partial charge in [-0.15, -0.1) is 0 Å². The van der Waals surface area contributed by atoms with Crippen LogP contribution in [0, 0.1) is 0 Å². The molecule has 1 fully saturated rings. The lowest BCUT2D eigenvalue weighted by molar-refractivity contribution is 0.0104. The van der Waals surface area contributed by atoms with E-state index in [1.54, 1.807) is 7.11 Å². The molecule has 1 rings (SSSR count). The number of methoxy groups -OCH3 is 2. The first-order valence-electron chi connectivity index (χ1n) is 6.66. The van der Waals surface area contributed by atoms with Crippen LogP contribution in [-0.2, 0) is 9.47 Å². The minimum absolute atomic E-state index is 0.451. The second-order valence-corrected chi connectivity index (χ2v) is 5.14. The molecule has 1 N–H and O–H groups in total. The molecule has 0 aromatic carbocycles. The summed E-state index contributed by atoms with van der Waals surface area (Å²) in [6, 6.07) is 1.02. The maximum absolute atomic E-state index is 5.40. The van der Waals surface area contributed by atoms with Crippen LogP contribution in [0.4, 0.5) is 0 Å². The summed E-state index contributed by atoms with van der Waals surface area (Å²) in [6.45, 7) is 8.40. The second kappa shape index (κ2) is 8.03. The Labute approximate surface area is 106 Å². The van der Waals surface area contributed by atoms with Gasteiger partial charge in [-0.05, 0) is 12.8 Å². The number of piperidine rings is 1. The van der Waals surface area contributed by atoms with Crippen LogP contribution in [0.15, 0.2) is 0 Å². The van der Waals surface area contributed by atoms with E-state index in [1.807, 2.05) is 7.11 Å². The van der Waals surface area contributed by atoms with E-state index in [0.717, 1.165) is 39.1 Å². The van der Waals surface area contributed by atoms with Gasteiger partial charge in [0.25, 0.3) is 0 Å². The Morgan fingerprint density at radius 1 is 1.24 bits per heavy atom. The molecule has 0 aromatic heterocycles. The van der Waals surface area contributed by atoms with Crippen LogP contribution in [0.3, 0.4) is 0 Å². The molecule has 1 aliphatic heterocycles. The smallest absolute Gasteiger partial charge is 0.0630 e. The fourth-order valence-electron chi connectivity index (χ4n) is 2.33. The molecule has 1 atom stereocenters. The molecule has 1 aliphatic rings. The maximum atomic E-state index is 5.40. The van der Waals surface area contributed by atoms with Crippen molar-refractivity contribution in [3.8, 4) is 0 Å². The molecule has 1 unspecified atom stereocenters. The lowest BCUT2D eigenvalue weighted by Gasteiger charge is -2.37. The summed E-state index contributed by atoms with van der Waals surface area (Å²) in [7, 11) is 3.59. The zero-order valence-corrected chi connectivity index (χ0v) is 11.7. The summed E-state index contributed by atoms with van der Waals surface area (Å²) in [6.07, 6.45) is 2.73. The van der Waals surface area contributed by atoms with Gasteiger partial charge in [0.05, 0.1) is 12.7 Å². The molecule has 0 bridgehead atoms. The highest BCUT2D eigenvalue weighted by Crippen LogP contribution is 2.15. The molecule has 0 aliphatic carbocycles. The predicted octanol–water partition coefficient (Wildman–Crippen LogP) is 1.11. The van der Waals surface area contributed by atoms with Crippen LogP contribution in [0.1, 0.15) is 26.7 Å². The Hall–Kier alpha value is -0.160. The normalized spacial score (nSPS) is 21.0. The van der Waals surface area contributed by atoms with Crippen LogP contribution in [0.25, 0.3) is 0 Å². The van der Waals surface area contributed by atoms with E-state index in [0.29, 0.717) is 18.2 Å². The minimum Gasteiger partial charge on any atom is -0.383 e. The second-order valence-electron chi connectivity index (χ2n) is 5.14. The summed E-state index contributed by atoms with van der Waals surface area (Å²) in [4.78, 5) is 2.52. The van der Waals surface area contributed by atoms with Crippen molar-refractivity contribution in [2.75, 3.05) is 40.5 Å². The Kier molecular flexibility index (Phi) is 7.04. The third-order valence-corrected chi connectivity index (χ3v) is 3.45. The molecule has 102 valence electrons. The summed E-state index contributed by atoms with van der Waals surface area (Å²) in [5.41, 5.74) is 0. The van der Waals surface area contributed by atoms with E-state index in [4.69, 9.17) is 9.47 Å². The molecule has 0 amide bonds. The molecule has 4 nitrogen and oxygen atoms in total. The monoisotopic (exact) mass is 244 g/mol. The first-order valence-corrected chi connectivity index (χ1v) is 6.66. The first-order chi connectivity index (χ1) is 8.17. The van der Waals surface area contributed by atoms with Gasteiger partial charge in [-0.1, -0.05) is 13.8 Å². The molecule has 0 aromatic rings. The van der Waals surface area contributed by atoms with E-state index in [2.05, 4.69) is 24.1 Å². The number of nitrogens with zero attached hydrogens (tertiary/aromatic N) is 1. The van der Waals surface area contributed by atoms with E-state index in [-0.39, 0.29) is 0 Å². The zero-order valence-electron chi connectivity index (χ0n) is 11.7. The van der Waals surface area contributed by atoms with Crippen molar-refractivity contribution in [1.29, 1.82) is 0 Å². The molecule has 0 saturated carbocycles. The van der Waals surface area contributed by atoms with Gasteiger partial charge in [0.1, 0.15) is 0 Å². The number of hydrogen-bond acceptors (Lipinski definition) is 4. The molecule has 4 heteroatoms. The Morgan fingerprint density at radius 2 is 1.88 bits per heavy atom. The van der Waals surface area contributed by atoms with Crippen molar-refractivity contribution in [3.05, 3.63) is 0 Å². The zero-order chi connectivity index (χ0) is 12.7. The van der Waals surface area contributed by atoms with Gasteiger partial charge in [-0.3, -0.25) is 4.90 Å². The number of ether oxygens (including phenoxy) is 2. The summed E-state index contributed by atoms with van der Waals surface area (Å²) in [5.74, 6) is 0. The van der Waals surface area contributed by atoms with E-state index < -0.39 is 0 Å². The topological polar surface area (TPSA) is 33.7 Å². The van der Waals surface area contributed by atoms with E-state index in [1.165, 1.54) is 0 Å². The molecule has 0 spiro atoms. The Morgan fingerprint density at radius 3 is 2.35 bits per heavy atom. The standard InChI is InChI=1S/C13H28N2O2/c1-11(2)14-9-12(10-16-3)15-7-5-13(17-4)6-8-15/h11-14H,5-10H2,1-4H3. The quantitative estimate of drug-likeness (QED) is 0.727. The van der Waals surface area contributed by atoms with Gasteiger partial charge < -0.3 is 14.8 Å². The fourth-order valence-corrected chi connectivity index (χ4v) is 2.33. The van der Waals surface area contributed by atoms with Crippen LogP contribution >= 0.6 is 0 Å². The molecule has 1 saturated heterocycles. The molecular formula is C13H28N2O2. The number of hydrogen-bond donors (Lipinski definition) is 1. The van der Waals surface area contributed by atoms with E-state index in [9.17, 15) is 0 Å². The first kappa shape index (κ1) is 14.9. The Balaban J connectivity index is 2.36. The van der Waals surface area contributed by atoms with Crippen LogP contribution in [0.2, 0.25) is 0 Å². The number of nitrogens with one attached hydrogen (secondary N) is 1. The van der Waals surface area contributed by atoms with Crippen LogP contribution < -0.4 is 5.32 Å². The van der Waals surface area contributed by atoms with Gasteiger partial charge in [-0.25, -0.2) is 0 Å². The highest BCUT2D eigenvalue weighted by molar-refractivity contribution is 4.80.